The predicted octanol–water partition coefficient (Wildman–Crippen LogP) is 2.64. The van der Waals surface area contributed by atoms with Crippen molar-refractivity contribution in [3.05, 3.63) is 65.0 Å². The van der Waals surface area contributed by atoms with Gasteiger partial charge in [-0.25, -0.2) is 22.0 Å². The maximum Gasteiger partial charge on any atom is 0.260 e. The summed E-state index contributed by atoms with van der Waals surface area (Å²) in [4.78, 5) is 23.7. The van der Waals surface area contributed by atoms with Crippen LogP contribution >= 0.6 is 0 Å². The van der Waals surface area contributed by atoms with E-state index in [9.17, 15) is 31.5 Å². The van der Waals surface area contributed by atoms with Gasteiger partial charge in [0.15, 0.2) is 23.3 Å². The highest BCUT2D eigenvalue weighted by Crippen LogP contribution is 2.26. The van der Waals surface area contributed by atoms with E-state index in [1.807, 2.05) is 0 Å². The van der Waals surface area contributed by atoms with Crippen LogP contribution in [-0.2, 0) is 4.79 Å². The number of benzene rings is 2. The quantitative estimate of drug-likeness (QED) is 0.327. The summed E-state index contributed by atoms with van der Waals surface area (Å²) in [5.74, 6) is -12.5. The molecule has 0 saturated carbocycles. The van der Waals surface area contributed by atoms with E-state index in [-0.39, 0.29) is 5.56 Å². The van der Waals surface area contributed by atoms with Crippen LogP contribution in [0.3, 0.4) is 0 Å². The number of carbonyl (C=O) groups excluding carboxylic acids is 2. The number of hydrogen-bond donors (Lipinski definition) is 3. The van der Waals surface area contributed by atoms with Gasteiger partial charge in [-0.3, -0.25) is 20.4 Å². The van der Waals surface area contributed by atoms with E-state index in [1.54, 1.807) is 29.1 Å². The summed E-state index contributed by atoms with van der Waals surface area (Å²) in [6.07, 6.45) is 0. The third-order valence-electron chi connectivity index (χ3n) is 3.30. The van der Waals surface area contributed by atoms with Gasteiger partial charge in [0.1, 0.15) is 11.7 Å². The van der Waals surface area contributed by atoms with Crippen molar-refractivity contribution < 1.29 is 31.5 Å². The van der Waals surface area contributed by atoms with Gasteiger partial charge in [0.2, 0.25) is 5.82 Å². The second kappa shape index (κ2) is 7.81. The maximum atomic E-state index is 13.5. The normalized spacial score (nSPS) is 11.6. The Morgan fingerprint density at radius 2 is 1.35 bits per heavy atom. The first-order chi connectivity index (χ1) is 12.2. The summed E-state index contributed by atoms with van der Waals surface area (Å²) in [6.45, 7) is 1.26. The number of carbonyl (C=O) groups is 2. The minimum absolute atomic E-state index is 0.264. The molecule has 26 heavy (non-hydrogen) atoms. The van der Waals surface area contributed by atoms with E-state index < -0.39 is 52.6 Å². The number of amides is 2. The smallest absolute Gasteiger partial charge is 0.260 e. The van der Waals surface area contributed by atoms with Crippen LogP contribution in [0.5, 0.6) is 0 Å². The molecule has 1 atom stereocenters. The van der Waals surface area contributed by atoms with Crippen molar-refractivity contribution in [1.82, 2.24) is 10.7 Å². The lowest BCUT2D eigenvalue weighted by Crippen LogP contribution is -2.46. The third kappa shape index (κ3) is 3.90. The number of hydrogen-bond acceptors (Lipinski definition) is 3. The molecule has 2 aromatic carbocycles. The van der Waals surface area contributed by atoms with Crippen LogP contribution in [0.15, 0.2) is 30.3 Å². The molecule has 0 aliphatic heterocycles. The monoisotopic (exact) mass is 373 g/mol. The molecule has 2 aromatic rings. The minimum Gasteiger partial charge on any atom is -0.340 e. The molecule has 0 heterocycles. The Balaban J connectivity index is 2.04. The summed E-state index contributed by atoms with van der Waals surface area (Å²) < 4.78 is 66.1. The molecule has 0 aliphatic carbocycles. The third-order valence-corrected chi connectivity index (χ3v) is 3.30. The van der Waals surface area contributed by atoms with Crippen LogP contribution in [0.25, 0.3) is 0 Å². The van der Waals surface area contributed by atoms with Gasteiger partial charge < -0.3 is 5.32 Å². The van der Waals surface area contributed by atoms with Gasteiger partial charge in [-0.15, -0.1) is 0 Å². The molecule has 0 radical (unpaired) electrons. The molecule has 138 valence electrons. The molecular weight excluding hydrogens is 361 g/mol. The topological polar surface area (TPSA) is 70.2 Å². The molecule has 2 amide bonds. The van der Waals surface area contributed by atoms with Crippen LogP contribution < -0.4 is 16.2 Å². The van der Waals surface area contributed by atoms with E-state index in [0.29, 0.717) is 0 Å². The number of hydrazine groups is 1. The number of anilines is 1. The van der Waals surface area contributed by atoms with Crippen molar-refractivity contribution in [2.75, 3.05) is 5.43 Å². The average molecular weight is 373 g/mol. The molecule has 0 spiro atoms. The molecule has 0 saturated heterocycles. The largest absolute Gasteiger partial charge is 0.340 e. The first-order valence-electron chi connectivity index (χ1n) is 7.17. The molecule has 0 aromatic heterocycles. The van der Waals surface area contributed by atoms with Gasteiger partial charge in [-0.1, -0.05) is 18.2 Å². The van der Waals surface area contributed by atoms with Gasteiger partial charge in [-0.05, 0) is 19.1 Å². The van der Waals surface area contributed by atoms with Crippen LogP contribution in [0.4, 0.5) is 27.6 Å². The summed E-state index contributed by atoms with van der Waals surface area (Å²) in [5.41, 5.74) is 2.25. The summed E-state index contributed by atoms with van der Waals surface area (Å²) in [6, 6.07) is 6.70. The molecule has 10 heteroatoms. The molecule has 3 N–H and O–H groups in total. The van der Waals surface area contributed by atoms with Gasteiger partial charge >= 0.3 is 0 Å². The van der Waals surface area contributed by atoms with Gasteiger partial charge in [0, 0.05) is 5.56 Å². The highest BCUT2D eigenvalue weighted by atomic mass is 19.2. The lowest BCUT2D eigenvalue weighted by atomic mass is 10.2. The van der Waals surface area contributed by atoms with Crippen molar-refractivity contribution in [1.29, 1.82) is 0 Å². The second-order valence-corrected chi connectivity index (χ2v) is 5.12. The Labute approximate surface area is 144 Å². The van der Waals surface area contributed by atoms with Crippen LogP contribution in [0.2, 0.25) is 0 Å². The predicted molar refractivity (Wildman–Crippen MR) is 81.4 cm³/mol. The van der Waals surface area contributed by atoms with E-state index in [1.165, 1.54) is 19.1 Å². The molecule has 2 rings (SSSR count). The molecule has 0 aliphatic rings. The molecule has 0 fully saturated rings. The number of nitrogens with one attached hydrogen (secondary N) is 3. The number of rotatable bonds is 5. The Hall–Kier alpha value is -3.17. The maximum absolute atomic E-state index is 13.5. The standard InChI is InChI=1S/C16H12F5N3O2/c1-7(22-16(26)8-5-3-2-4-6-8)15(25)24-23-14-12(20)10(18)9(17)11(19)13(14)21/h2-7,23H,1H3,(H,22,26)(H,24,25)/t7-/m0/s1. The van der Waals surface area contributed by atoms with Crippen molar-refractivity contribution in [3.8, 4) is 0 Å². The molecule has 0 unspecified atom stereocenters. The SMILES string of the molecule is C[C@H](NC(=O)c1ccccc1)C(=O)NNc1c(F)c(F)c(F)c(F)c1F. The Morgan fingerprint density at radius 1 is 0.846 bits per heavy atom. The fourth-order valence-corrected chi connectivity index (χ4v) is 1.88. The second-order valence-electron chi connectivity index (χ2n) is 5.12. The zero-order valence-electron chi connectivity index (χ0n) is 13.2. The van der Waals surface area contributed by atoms with Crippen molar-refractivity contribution in [2.45, 2.75) is 13.0 Å². The van der Waals surface area contributed by atoms with Crippen LogP contribution in [0, 0.1) is 29.1 Å². The highest BCUT2D eigenvalue weighted by Gasteiger charge is 2.26. The van der Waals surface area contributed by atoms with Gasteiger partial charge in [0.25, 0.3) is 11.8 Å². The van der Waals surface area contributed by atoms with Crippen molar-refractivity contribution >= 4 is 17.5 Å². The Kier molecular flexibility index (Phi) is 5.75. The van der Waals surface area contributed by atoms with Gasteiger partial charge in [-0.2, -0.15) is 0 Å². The summed E-state index contributed by atoms with van der Waals surface area (Å²) in [5, 5.41) is 2.31. The van der Waals surface area contributed by atoms with E-state index >= 15 is 0 Å². The molecule has 5 nitrogen and oxygen atoms in total. The first kappa shape index (κ1) is 19.2. The molecular formula is C16H12F5N3O2. The van der Waals surface area contributed by atoms with Crippen LogP contribution in [-0.4, -0.2) is 17.9 Å². The van der Waals surface area contributed by atoms with Crippen LogP contribution in [0.1, 0.15) is 17.3 Å². The van der Waals surface area contributed by atoms with E-state index in [2.05, 4.69) is 5.32 Å². The fourth-order valence-electron chi connectivity index (χ4n) is 1.88. The van der Waals surface area contributed by atoms with Crippen molar-refractivity contribution in [3.63, 3.8) is 0 Å². The fraction of sp³-hybridized carbons (Fsp3) is 0.125. The summed E-state index contributed by atoms with van der Waals surface area (Å²) in [7, 11) is 0. The summed E-state index contributed by atoms with van der Waals surface area (Å²) >= 11 is 0. The molecule has 0 bridgehead atoms. The first-order valence-corrected chi connectivity index (χ1v) is 7.17. The Morgan fingerprint density at radius 3 is 1.88 bits per heavy atom. The van der Waals surface area contributed by atoms with E-state index in [4.69, 9.17) is 0 Å². The minimum atomic E-state index is -2.32. The van der Waals surface area contributed by atoms with Crippen molar-refractivity contribution in [2.24, 2.45) is 0 Å². The Bertz CT molecular complexity index is 817. The highest BCUT2D eigenvalue weighted by molar-refractivity contribution is 5.97. The average Bonchev–Trinajstić information content (AvgIpc) is 2.65. The van der Waals surface area contributed by atoms with Gasteiger partial charge in [0.05, 0.1) is 0 Å². The zero-order chi connectivity index (χ0) is 19.4. The number of halogens is 5. The lowest BCUT2D eigenvalue weighted by Gasteiger charge is -2.16. The van der Waals surface area contributed by atoms with E-state index in [0.717, 1.165) is 0 Å². The lowest BCUT2D eigenvalue weighted by molar-refractivity contribution is -0.122. The zero-order valence-corrected chi connectivity index (χ0v) is 13.2.